The van der Waals surface area contributed by atoms with Crippen LogP contribution in [0.3, 0.4) is 0 Å². The van der Waals surface area contributed by atoms with Gasteiger partial charge in [-0.2, -0.15) is 0 Å². The molecule has 1 atom stereocenters. The monoisotopic (exact) mass is 289 g/mol. The van der Waals surface area contributed by atoms with Crippen LogP contribution >= 0.6 is 11.8 Å². The maximum absolute atomic E-state index is 9.19. The zero-order valence-electron chi connectivity index (χ0n) is 11.5. The molecule has 0 radical (unpaired) electrons. The molecule has 1 aromatic heterocycles. The van der Waals surface area contributed by atoms with Gasteiger partial charge in [-0.05, 0) is 12.0 Å². The summed E-state index contributed by atoms with van der Waals surface area (Å²) in [5.74, 6) is 1.58. The predicted molar refractivity (Wildman–Crippen MR) is 82.8 cm³/mol. The van der Waals surface area contributed by atoms with Crippen LogP contribution in [0.5, 0.6) is 0 Å². The first-order chi connectivity index (χ1) is 9.81. The summed E-state index contributed by atoms with van der Waals surface area (Å²) in [6, 6.07) is 10.3. The molecule has 0 aliphatic rings. The van der Waals surface area contributed by atoms with Crippen molar-refractivity contribution in [2.75, 3.05) is 11.9 Å². The molecule has 1 aromatic carbocycles. The van der Waals surface area contributed by atoms with E-state index in [2.05, 4.69) is 27.4 Å². The highest BCUT2D eigenvalue weighted by Crippen LogP contribution is 2.21. The quantitative estimate of drug-likeness (QED) is 0.767. The Bertz CT molecular complexity index is 518. The average Bonchev–Trinajstić information content (AvgIpc) is 2.52. The van der Waals surface area contributed by atoms with Gasteiger partial charge < -0.3 is 10.4 Å². The van der Waals surface area contributed by atoms with E-state index in [0.29, 0.717) is 5.82 Å². The van der Waals surface area contributed by atoms with E-state index < -0.39 is 0 Å². The number of aliphatic hydroxyl groups excluding tert-OH is 1. The number of hydrogen-bond donors (Lipinski definition) is 2. The molecule has 0 fully saturated rings. The first-order valence-corrected chi connectivity index (χ1v) is 7.66. The van der Waals surface area contributed by atoms with Gasteiger partial charge in [-0.15, -0.1) is 11.8 Å². The van der Waals surface area contributed by atoms with Crippen LogP contribution < -0.4 is 5.32 Å². The van der Waals surface area contributed by atoms with Gasteiger partial charge in [0.15, 0.2) is 0 Å². The zero-order valence-corrected chi connectivity index (χ0v) is 12.3. The molecule has 0 spiro atoms. The molecule has 2 rings (SSSR count). The maximum Gasteiger partial charge on any atom is 0.146 e. The lowest BCUT2D eigenvalue weighted by Gasteiger charge is -2.14. The first kappa shape index (κ1) is 14.8. The van der Waals surface area contributed by atoms with E-state index in [1.807, 2.05) is 25.1 Å². The van der Waals surface area contributed by atoms with Crippen LogP contribution in [-0.2, 0) is 5.75 Å². The second kappa shape index (κ2) is 7.87. The Morgan fingerprint density at radius 1 is 1.25 bits per heavy atom. The van der Waals surface area contributed by atoms with Crippen molar-refractivity contribution in [3.8, 4) is 0 Å². The predicted octanol–water partition coefficient (Wildman–Crippen LogP) is 2.95. The third-order valence-electron chi connectivity index (χ3n) is 2.91. The molecule has 0 amide bonds. The van der Waals surface area contributed by atoms with Gasteiger partial charge in [-0.1, -0.05) is 37.3 Å². The fourth-order valence-electron chi connectivity index (χ4n) is 1.70. The van der Waals surface area contributed by atoms with Crippen molar-refractivity contribution in [2.45, 2.75) is 30.2 Å². The summed E-state index contributed by atoms with van der Waals surface area (Å²) in [6.45, 7) is 2.12. The topological polar surface area (TPSA) is 58.0 Å². The van der Waals surface area contributed by atoms with Gasteiger partial charge in [-0.25, -0.2) is 4.98 Å². The van der Waals surface area contributed by atoms with Gasteiger partial charge in [0.2, 0.25) is 0 Å². The summed E-state index contributed by atoms with van der Waals surface area (Å²) in [7, 11) is 0. The van der Waals surface area contributed by atoms with Crippen LogP contribution in [0, 0.1) is 0 Å². The number of benzene rings is 1. The molecule has 0 bridgehead atoms. The van der Waals surface area contributed by atoms with Crippen molar-refractivity contribution in [1.82, 2.24) is 9.97 Å². The summed E-state index contributed by atoms with van der Waals surface area (Å²) in [4.78, 5) is 8.69. The summed E-state index contributed by atoms with van der Waals surface area (Å²) in [5.41, 5.74) is 1.26. The summed E-state index contributed by atoms with van der Waals surface area (Å²) in [5, 5.41) is 13.3. The van der Waals surface area contributed by atoms with Crippen LogP contribution in [0.25, 0.3) is 0 Å². The Morgan fingerprint density at radius 2 is 2.05 bits per heavy atom. The Hall–Kier alpha value is -1.59. The summed E-state index contributed by atoms with van der Waals surface area (Å²) >= 11 is 1.65. The molecule has 20 heavy (non-hydrogen) atoms. The van der Waals surface area contributed by atoms with E-state index in [1.54, 1.807) is 24.2 Å². The fourth-order valence-corrected chi connectivity index (χ4v) is 2.51. The van der Waals surface area contributed by atoms with Crippen molar-refractivity contribution in [1.29, 1.82) is 0 Å². The molecule has 5 heteroatoms. The minimum Gasteiger partial charge on any atom is -0.394 e. The minimum absolute atomic E-state index is 0.0265. The molecule has 0 aliphatic heterocycles. The van der Waals surface area contributed by atoms with Crippen molar-refractivity contribution >= 4 is 17.6 Å². The Labute approximate surface area is 123 Å². The van der Waals surface area contributed by atoms with Crippen LogP contribution in [0.4, 0.5) is 5.82 Å². The van der Waals surface area contributed by atoms with Gasteiger partial charge in [0, 0.05) is 5.75 Å². The van der Waals surface area contributed by atoms with Crippen molar-refractivity contribution < 1.29 is 5.11 Å². The minimum atomic E-state index is 0.0265. The number of nitrogens with zero attached hydrogens (tertiary/aromatic N) is 2. The van der Waals surface area contributed by atoms with Gasteiger partial charge in [0.1, 0.15) is 10.8 Å². The largest absolute Gasteiger partial charge is 0.394 e. The Morgan fingerprint density at radius 3 is 2.75 bits per heavy atom. The lowest BCUT2D eigenvalue weighted by atomic mass is 10.2. The average molecular weight is 289 g/mol. The number of anilines is 1. The standard InChI is InChI=1S/C15H19N3OS/c1-2-13(10-19)17-14-8-16-9-15(18-14)20-11-12-6-4-3-5-7-12/h3-9,13,19H,2,10-11H2,1H3,(H,17,18)/t13-/m1/s1. The molecule has 2 N–H and O–H groups in total. The lowest BCUT2D eigenvalue weighted by Crippen LogP contribution is -2.23. The van der Waals surface area contributed by atoms with E-state index in [0.717, 1.165) is 17.2 Å². The number of rotatable bonds is 7. The van der Waals surface area contributed by atoms with Crippen molar-refractivity contribution in [3.05, 3.63) is 48.3 Å². The first-order valence-electron chi connectivity index (χ1n) is 6.68. The van der Waals surface area contributed by atoms with Gasteiger partial charge >= 0.3 is 0 Å². The zero-order chi connectivity index (χ0) is 14.2. The molecule has 0 saturated heterocycles. The molecule has 0 unspecified atom stereocenters. The van der Waals surface area contributed by atoms with Gasteiger partial charge in [0.05, 0.1) is 25.0 Å². The molecule has 1 heterocycles. The van der Waals surface area contributed by atoms with Gasteiger partial charge in [-0.3, -0.25) is 4.98 Å². The smallest absolute Gasteiger partial charge is 0.146 e. The molecular weight excluding hydrogens is 270 g/mol. The summed E-state index contributed by atoms with van der Waals surface area (Å²) < 4.78 is 0. The van der Waals surface area contributed by atoms with Crippen molar-refractivity contribution in [3.63, 3.8) is 0 Å². The molecule has 4 nitrogen and oxygen atoms in total. The second-order valence-corrected chi connectivity index (χ2v) is 5.44. The maximum atomic E-state index is 9.19. The molecule has 0 aliphatic carbocycles. The highest BCUT2D eigenvalue weighted by atomic mass is 32.2. The van der Waals surface area contributed by atoms with E-state index in [4.69, 9.17) is 0 Å². The van der Waals surface area contributed by atoms with Crippen LogP contribution in [-0.4, -0.2) is 27.7 Å². The van der Waals surface area contributed by atoms with E-state index in [9.17, 15) is 5.11 Å². The van der Waals surface area contributed by atoms with Crippen molar-refractivity contribution in [2.24, 2.45) is 0 Å². The number of nitrogens with one attached hydrogen (secondary N) is 1. The van der Waals surface area contributed by atoms with Crippen LogP contribution in [0.1, 0.15) is 18.9 Å². The molecule has 2 aromatic rings. The highest BCUT2D eigenvalue weighted by molar-refractivity contribution is 7.98. The van der Waals surface area contributed by atoms with Crippen LogP contribution in [0.15, 0.2) is 47.8 Å². The fraction of sp³-hybridized carbons (Fsp3) is 0.333. The third kappa shape index (κ3) is 4.51. The number of thioether (sulfide) groups is 1. The molecular formula is C15H19N3OS. The third-order valence-corrected chi connectivity index (χ3v) is 3.88. The van der Waals surface area contributed by atoms with E-state index >= 15 is 0 Å². The second-order valence-electron chi connectivity index (χ2n) is 4.45. The molecule has 106 valence electrons. The van der Waals surface area contributed by atoms with Gasteiger partial charge in [0.25, 0.3) is 0 Å². The SMILES string of the molecule is CC[C@H](CO)Nc1cncc(SCc2ccccc2)n1. The number of aliphatic hydroxyl groups is 1. The lowest BCUT2D eigenvalue weighted by molar-refractivity contribution is 0.271. The highest BCUT2D eigenvalue weighted by Gasteiger charge is 2.06. The van der Waals surface area contributed by atoms with E-state index in [1.165, 1.54) is 5.56 Å². The number of hydrogen-bond acceptors (Lipinski definition) is 5. The van der Waals surface area contributed by atoms with E-state index in [-0.39, 0.29) is 12.6 Å². The Kier molecular flexibility index (Phi) is 5.83. The molecule has 0 saturated carbocycles. The Balaban J connectivity index is 1.95. The normalized spacial score (nSPS) is 12.1. The number of aromatic nitrogens is 2. The van der Waals surface area contributed by atoms with Crippen LogP contribution in [0.2, 0.25) is 0 Å². The summed E-state index contributed by atoms with van der Waals surface area (Å²) in [6.07, 6.45) is 4.29.